The topological polar surface area (TPSA) is 80.5 Å². The molecule has 1 aliphatic heterocycles. The Bertz CT molecular complexity index is 937. The predicted octanol–water partition coefficient (Wildman–Crippen LogP) is 1.49. The van der Waals surface area contributed by atoms with Gasteiger partial charge in [-0.2, -0.15) is 0 Å². The Kier molecular flexibility index (Phi) is 6.24. The third-order valence-corrected chi connectivity index (χ3v) is 5.74. The van der Waals surface area contributed by atoms with Gasteiger partial charge in [0.05, 0.1) is 57.9 Å². The van der Waals surface area contributed by atoms with Gasteiger partial charge in [-0.05, 0) is 17.5 Å². The predicted molar refractivity (Wildman–Crippen MR) is 110 cm³/mol. The number of ketones is 1. The number of nitrogens with one attached hydrogen (secondary N) is 1. The second-order valence-corrected chi connectivity index (χ2v) is 7.96. The van der Waals surface area contributed by atoms with Crippen LogP contribution in [0.25, 0.3) is 0 Å². The molecule has 2 heterocycles. The van der Waals surface area contributed by atoms with E-state index in [0.717, 1.165) is 4.90 Å². The molecule has 1 aromatic heterocycles. The number of aliphatic hydroxyl groups excluding tert-OH is 1. The Morgan fingerprint density at radius 2 is 1.97 bits per heavy atom. The quantitative estimate of drug-likeness (QED) is 0.636. The van der Waals surface area contributed by atoms with Gasteiger partial charge in [-0.3, -0.25) is 9.59 Å². The van der Waals surface area contributed by atoms with Crippen molar-refractivity contribution in [2.75, 3.05) is 41.4 Å². The number of likely N-dealkylation sites (N-methyl/N-ethyl adjacent to an activating group) is 1. The molecule has 29 heavy (non-hydrogen) atoms. The molecule has 3 rings (SSSR count). The molecular weight excluding hydrogens is 392 g/mol. The lowest BCUT2D eigenvalue weighted by Crippen LogP contribution is -3.06. The number of Topliss-reactive ketones (excluding diaryl/α,β-unsaturated/α-hetero) is 1. The number of methoxy groups -OCH3 is 2. The maximum absolute atomic E-state index is 13.2. The molecular formula is C21H25N2O5S+. The lowest BCUT2D eigenvalue weighted by Gasteiger charge is -2.28. The van der Waals surface area contributed by atoms with Crippen LogP contribution in [0, 0.1) is 0 Å². The summed E-state index contributed by atoms with van der Waals surface area (Å²) in [5, 5.41) is 12.5. The zero-order chi connectivity index (χ0) is 21.1. The number of carbonyl (C=O) groups excluding carboxylic acids is 2. The number of ether oxygens (including phenoxy) is 2. The van der Waals surface area contributed by atoms with Gasteiger partial charge in [-0.15, -0.1) is 11.3 Å². The van der Waals surface area contributed by atoms with Crippen molar-refractivity contribution in [3.05, 3.63) is 57.5 Å². The van der Waals surface area contributed by atoms with E-state index in [1.54, 1.807) is 35.7 Å². The molecule has 2 aromatic rings. The number of hydrogen-bond donors (Lipinski definition) is 2. The van der Waals surface area contributed by atoms with Gasteiger partial charge in [0.25, 0.3) is 5.91 Å². The van der Waals surface area contributed by atoms with E-state index in [0.29, 0.717) is 35.0 Å². The standard InChI is InChI=1S/C21H24N2O5S/c1-22(2)10-11-23-17(13-7-5-8-14(27-3)20(13)28-4)16(19(25)21(23)26)18(24)15-9-6-12-29-15/h5-9,12,17,25H,10-11H2,1-4H3/p+1/t17-/m1/s1. The summed E-state index contributed by atoms with van der Waals surface area (Å²) in [6.07, 6.45) is 0. The van der Waals surface area contributed by atoms with Crippen LogP contribution in [0.15, 0.2) is 47.0 Å². The van der Waals surface area contributed by atoms with Crippen LogP contribution in [0.1, 0.15) is 21.3 Å². The van der Waals surface area contributed by atoms with Gasteiger partial charge in [0.15, 0.2) is 17.3 Å². The lowest BCUT2D eigenvalue weighted by atomic mass is 9.94. The fraction of sp³-hybridized carbons (Fsp3) is 0.333. The molecule has 0 radical (unpaired) electrons. The molecule has 0 fully saturated rings. The first-order valence-electron chi connectivity index (χ1n) is 9.22. The van der Waals surface area contributed by atoms with Gasteiger partial charge in [0.2, 0.25) is 5.78 Å². The molecule has 0 aliphatic carbocycles. The van der Waals surface area contributed by atoms with Crippen LogP contribution in [0.4, 0.5) is 0 Å². The van der Waals surface area contributed by atoms with Crippen LogP contribution in [0.2, 0.25) is 0 Å². The van der Waals surface area contributed by atoms with Crippen LogP contribution in [0.3, 0.4) is 0 Å². The van der Waals surface area contributed by atoms with Gasteiger partial charge in [-0.25, -0.2) is 0 Å². The van der Waals surface area contributed by atoms with E-state index in [9.17, 15) is 14.7 Å². The highest BCUT2D eigenvalue weighted by molar-refractivity contribution is 7.12. The summed E-state index contributed by atoms with van der Waals surface area (Å²) in [6.45, 7) is 1.03. The number of rotatable bonds is 8. The largest absolute Gasteiger partial charge is 0.503 e. The van der Waals surface area contributed by atoms with Crippen LogP contribution < -0.4 is 14.4 Å². The zero-order valence-corrected chi connectivity index (χ0v) is 17.7. The summed E-state index contributed by atoms with van der Waals surface area (Å²) < 4.78 is 11.0. The minimum atomic E-state index is -0.763. The van der Waals surface area contributed by atoms with Crippen LogP contribution in [-0.2, 0) is 4.79 Å². The van der Waals surface area contributed by atoms with Crippen molar-refractivity contribution in [2.45, 2.75) is 6.04 Å². The zero-order valence-electron chi connectivity index (χ0n) is 16.9. The number of amides is 1. The number of thiophene rings is 1. The molecule has 0 unspecified atom stereocenters. The Morgan fingerprint density at radius 3 is 2.55 bits per heavy atom. The molecule has 0 spiro atoms. The van der Waals surface area contributed by atoms with Gasteiger partial charge in [0, 0.05) is 5.56 Å². The van der Waals surface area contributed by atoms with Gasteiger partial charge in [0.1, 0.15) is 0 Å². The number of aliphatic hydroxyl groups is 1. The third kappa shape index (κ3) is 3.86. The highest BCUT2D eigenvalue weighted by Gasteiger charge is 2.45. The number of nitrogens with zero attached hydrogens (tertiary/aromatic N) is 1. The molecule has 7 nitrogen and oxygen atoms in total. The monoisotopic (exact) mass is 417 g/mol. The molecule has 0 saturated carbocycles. The Morgan fingerprint density at radius 1 is 1.21 bits per heavy atom. The van der Waals surface area contributed by atoms with Crippen molar-refractivity contribution in [3.8, 4) is 11.5 Å². The van der Waals surface area contributed by atoms with Crippen molar-refractivity contribution < 1.29 is 29.1 Å². The first-order chi connectivity index (χ1) is 13.9. The van der Waals surface area contributed by atoms with Crippen molar-refractivity contribution in [3.63, 3.8) is 0 Å². The molecule has 1 atom stereocenters. The van der Waals surface area contributed by atoms with Gasteiger partial charge in [-0.1, -0.05) is 18.2 Å². The summed E-state index contributed by atoms with van der Waals surface area (Å²) in [7, 11) is 7.00. The third-order valence-electron chi connectivity index (χ3n) is 4.87. The van der Waals surface area contributed by atoms with E-state index in [1.807, 2.05) is 14.1 Å². The number of hydrogen-bond acceptors (Lipinski definition) is 6. The Balaban J connectivity index is 2.16. The Labute approximate surface area is 173 Å². The number of quaternary nitrogens is 1. The van der Waals surface area contributed by atoms with E-state index >= 15 is 0 Å². The fourth-order valence-corrected chi connectivity index (χ4v) is 4.13. The van der Waals surface area contributed by atoms with Crippen molar-refractivity contribution in [1.82, 2.24) is 4.90 Å². The van der Waals surface area contributed by atoms with E-state index in [1.165, 1.54) is 30.5 Å². The SMILES string of the molecule is COc1cccc([C@@H]2C(C(=O)c3cccs3)=C(O)C(=O)N2CC[NH+](C)C)c1OC. The molecule has 154 valence electrons. The van der Waals surface area contributed by atoms with Gasteiger partial charge >= 0.3 is 0 Å². The number of carbonyl (C=O) groups is 2. The van der Waals surface area contributed by atoms with E-state index in [-0.39, 0.29) is 11.4 Å². The second-order valence-electron chi connectivity index (χ2n) is 7.01. The molecule has 0 bridgehead atoms. The molecule has 0 saturated heterocycles. The first-order valence-corrected chi connectivity index (χ1v) is 10.1. The van der Waals surface area contributed by atoms with Crippen molar-refractivity contribution in [1.29, 1.82) is 0 Å². The minimum absolute atomic E-state index is 0.0674. The van der Waals surface area contributed by atoms with Gasteiger partial charge < -0.3 is 24.4 Å². The maximum atomic E-state index is 13.2. The summed E-state index contributed by atoms with van der Waals surface area (Å²) >= 11 is 1.27. The van der Waals surface area contributed by atoms with E-state index in [4.69, 9.17) is 9.47 Å². The highest BCUT2D eigenvalue weighted by atomic mass is 32.1. The summed E-state index contributed by atoms with van der Waals surface area (Å²) in [5.74, 6) is -0.500. The number of benzene rings is 1. The summed E-state index contributed by atoms with van der Waals surface area (Å²) in [4.78, 5) is 29.3. The normalized spacial score (nSPS) is 16.7. The van der Waals surface area contributed by atoms with Crippen molar-refractivity contribution >= 4 is 23.0 Å². The molecule has 1 aromatic carbocycles. The first kappa shape index (κ1) is 20.9. The second kappa shape index (κ2) is 8.67. The fourth-order valence-electron chi connectivity index (χ4n) is 3.45. The van der Waals surface area contributed by atoms with E-state index < -0.39 is 17.7 Å². The van der Waals surface area contributed by atoms with Crippen LogP contribution >= 0.6 is 11.3 Å². The summed E-state index contributed by atoms with van der Waals surface area (Å²) in [6, 6.07) is 8.00. The lowest BCUT2D eigenvalue weighted by molar-refractivity contribution is -0.857. The highest BCUT2D eigenvalue weighted by Crippen LogP contribution is 2.45. The minimum Gasteiger partial charge on any atom is -0.503 e. The molecule has 8 heteroatoms. The molecule has 2 N–H and O–H groups in total. The van der Waals surface area contributed by atoms with Crippen LogP contribution in [-0.4, -0.2) is 63.1 Å². The average Bonchev–Trinajstić information content (AvgIpc) is 3.33. The maximum Gasteiger partial charge on any atom is 0.290 e. The number of para-hydroxylation sites is 1. The summed E-state index contributed by atoms with van der Waals surface area (Å²) in [5.41, 5.74) is 0.663. The Hall–Kier alpha value is -2.84. The molecule has 1 aliphatic rings. The molecule has 1 amide bonds. The smallest absolute Gasteiger partial charge is 0.290 e. The van der Waals surface area contributed by atoms with E-state index in [2.05, 4.69) is 0 Å². The van der Waals surface area contributed by atoms with Crippen LogP contribution in [0.5, 0.6) is 11.5 Å². The van der Waals surface area contributed by atoms with Crippen molar-refractivity contribution in [2.24, 2.45) is 0 Å². The average molecular weight is 418 g/mol.